The van der Waals surface area contributed by atoms with Crippen LogP contribution in [0.15, 0.2) is 23.8 Å². The zero-order valence-electron chi connectivity index (χ0n) is 19.3. The van der Waals surface area contributed by atoms with Crippen LogP contribution in [0.2, 0.25) is 0 Å². The van der Waals surface area contributed by atoms with Gasteiger partial charge in [-0.15, -0.1) is 0 Å². The Morgan fingerprint density at radius 3 is 2.50 bits per heavy atom. The molecule has 1 saturated heterocycles. The van der Waals surface area contributed by atoms with Gasteiger partial charge in [0.2, 0.25) is 0 Å². The normalized spacial score (nSPS) is 33.5. The Bertz CT molecular complexity index is 662. The molecular formula is C25H40O5. The minimum atomic E-state index is -0.722. The highest BCUT2D eigenvalue weighted by Gasteiger charge is 2.34. The molecule has 6 atom stereocenters. The molecule has 0 amide bonds. The summed E-state index contributed by atoms with van der Waals surface area (Å²) in [5.41, 5.74) is 0.975. The number of ether oxygens (including phenoxy) is 1. The molecule has 2 N–H and O–H groups in total. The van der Waals surface area contributed by atoms with Crippen LogP contribution in [-0.4, -0.2) is 34.4 Å². The van der Waals surface area contributed by atoms with Crippen molar-refractivity contribution < 1.29 is 24.5 Å². The molecule has 5 nitrogen and oxygen atoms in total. The monoisotopic (exact) mass is 420 g/mol. The van der Waals surface area contributed by atoms with Gasteiger partial charge < -0.3 is 14.9 Å². The topological polar surface area (TPSA) is 83.8 Å². The molecule has 0 spiro atoms. The number of allylic oxidation sites excluding steroid dienone is 4. The molecule has 1 heterocycles. The lowest BCUT2D eigenvalue weighted by Crippen LogP contribution is -2.34. The number of rotatable bonds is 5. The first-order valence-electron chi connectivity index (χ1n) is 11.5. The summed E-state index contributed by atoms with van der Waals surface area (Å²) >= 11 is 0. The number of esters is 1. The molecule has 3 rings (SSSR count). The van der Waals surface area contributed by atoms with Gasteiger partial charge in [0.1, 0.15) is 6.10 Å². The van der Waals surface area contributed by atoms with Gasteiger partial charge in [-0.2, -0.15) is 0 Å². The zero-order chi connectivity index (χ0) is 22.5. The highest BCUT2D eigenvalue weighted by atomic mass is 16.5. The Labute approximate surface area is 181 Å². The van der Waals surface area contributed by atoms with Gasteiger partial charge >= 0.3 is 11.9 Å². The number of carbonyl (C=O) groups excluding carboxylic acids is 1. The molecule has 2 aliphatic carbocycles. The third-order valence-corrected chi connectivity index (χ3v) is 7.14. The minimum absolute atomic E-state index is 0.0932. The largest absolute Gasteiger partial charge is 0.481 e. The molecule has 1 aliphatic heterocycles. The average Bonchev–Trinajstić information content (AvgIpc) is 2.67. The van der Waals surface area contributed by atoms with Crippen LogP contribution in [0.4, 0.5) is 0 Å². The number of aliphatic hydroxyl groups excluding tert-OH is 1. The van der Waals surface area contributed by atoms with Crippen LogP contribution in [0.3, 0.4) is 0 Å². The summed E-state index contributed by atoms with van der Waals surface area (Å²) in [6.07, 6.45) is 12.5. The first-order valence-corrected chi connectivity index (χ1v) is 11.5. The Balaban J connectivity index is 0.000000343. The standard InChI is InChI=1S/C19H28O3.C6H12O2/c1-12-3-7-18-14(9-12)5-4-13(2)17(18)8-6-16-10-15(20)11-19(21)22-16;1-4-6(2,3)5(7)8/h4-5,9,12-13,15-18,20H,3,6-8,10-11H2,1-2H3;4H2,1-3H3,(H,7,8)/t12-,13?,15?,16-,17+,18?;/m1./s1. The second kappa shape index (κ2) is 10.6. The van der Waals surface area contributed by atoms with E-state index in [-0.39, 0.29) is 18.5 Å². The predicted octanol–water partition coefficient (Wildman–Crippen LogP) is 5.13. The number of hydrogen-bond donors (Lipinski definition) is 2. The summed E-state index contributed by atoms with van der Waals surface area (Å²) in [4.78, 5) is 21.7. The van der Waals surface area contributed by atoms with E-state index in [0.717, 1.165) is 12.8 Å². The first kappa shape index (κ1) is 24.6. The number of cyclic esters (lactones) is 1. The van der Waals surface area contributed by atoms with E-state index in [1.54, 1.807) is 13.8 Å². The second-order valence-corrected chi connectivity index (χ2v) is 10.0. The van der Waals surface area contributed by atoms with Crippen molar-refractivity contribution in [1.29, 1.82) is 0 Å². The number of hydrogen-bond acceptors (Lipinski definition) is 4. The fourth-order valence-corrected chi connectivity index (χ4v) is 4.59. The van der Waals surface area contributed by atoms with E-state index in [4.69, 9.17) is 9.84 Å². The fourth-order valence-electron chi connectivity index (χ4n) is 4.59. The van der Waals surface area contributed by atoms with Gasteiger partial charge in [0.15, 0.2) is 0 Å². The van der Waals surface area contributed by atoms with Gasteiger partial charge in [-0.3, -0.25) is 9.59 Å². The SMILES string of the molecule is CC1C=CC2=C[C@H](C)CCC2[C@H]1CC[C@@H]1CC(O)CC(=O)O1.CCC(C)(C)C(=O)O. The van der Waals surface area contributed by atoms with Crippen LogP contribution in [0.5, 0.6) is 0 Å². The van der Waals surface area contributed by atoms with E-state index in [1.807, 2.05) is 6.92 Å². The second-order valence-electron chi connectivity index (χ2n) is 10.0. The molecule has 0 aromatic carbocycles. The van der Waals surface area contributed by atoms with Gasteiger partial charge in [-0.05, 0) is 75.2 Å². The van der Waals surface area contributed by atoms with Crippen LogP contribution in [0.25, 0.3) is 0 Å². The molecule has 3 aliphatic rings. The quantitative estimate of drug-likeness (QED) is 0.602. The van der Waals surface area contributed by atoms with Gasteiger partial charge in [-0.25, -0.2) is 0 Å². The van der Waals surface area contributed by atoms with Gasteiger partial charge in [0.05, 0.1) is 17.9 Å². The lowest BCUT2D eigenvalue weighted by Gasteiger charge is -2.39. The van der Waals surface area contributed by atoms with Gasteiger partial charge in [0.25, 0.3) is 0 Å². The Hall–Kier alpha value is -1.62. The minimum Gasteiger partial charge on any atom is -0.481 e. The van der Waals surface area contributed by atoms with Crippen LogP contribution < -0.4 is 0 Å². The van der Waals surface area contributed by atoms with Crippen molar-refractivity contribution in [1.82, 2.24) is 0 Å². The van der Waals surface area contributed by atoms with E-state index in [0.29, 0.717) is 36.5 Å². The van der Waals surface area contributed by atoms with Crippen molar-refractivity contribution in [2.75, 3.05) is 0 Å². The molecule has 30 heavy (non-hydrogen) atoms. The summed E-state index contributed by atoms with van der Waals surface area (Å²) in [7, 11) is 0. The number of aliphatic carboxylic acids is 1. The number of carbonyl (C=O) groups is 2. The van der Waals surface area contributed by atoms with Crippen molar-refractivity contribution in [3.8, 4) is 0 Å². The molecule has 0 aromatic heterocycles. The van der Waals surface area contributed by atoms with E-state index in [2.05, 4.69) is 32.1 Å². The zero-order valence-corrected chi connectivity index (χ0v) is 19.3. The van der Waals surface area contributed by atoms with Crippen molar-refractivity contribution >= 4 is 11.9 Å². The van der Waals surface area contributed by atoms with Crippen LogP contribution in [0.1, 0.15) is 79.6 Å². The van der Waals surface area contributed by atoms with Crippen molar-refractivity contribution in [2.24, 2.45) is 29.1 Å². The third-order valence-electron chi connectivity index (χ3n) is 7.14. The summed E-state index contributed by atoms with van der Waals surface area (Å²) in [6, 6.07) is 0. The van der Waals surface area contributed by atoms with E-state index in [1.165, 1.54) is 18.4 Å². The van der Waals surface area contributed by atoms with Crippen LogP contribution in [0, 0.1) is 29.1 Å². The van der Waals surface area contributed by atoms with Crippen molar-refractivity contribution in [3.05, 3.63) is 23.8 Å². The summed E-state index contributed by atoms with van der Waals surface area (Å²) in [5.74, 6) is 1.62. The number of carboxylic acid groups (broad SMARTS) is 1. The third kappa shape index (κ3) is 6.69. The highest BCUT2D eigenvalue weighted by Crippen LogP contribution is 2.43. The van der Waals surface area contributed by atoms with Crippen LogP contribution >= 0.6 is 0 Å². The van der Waals surface area contributed by atoms with Gasteiger partial charge in [0, 0.05) is 6.42 Å². The summed E-state index contributed by atoms with van der Waals surface area (Å²) in [6.45, 7) is 9.91. The Kier molecular flexibility index (Phi) is 8.72. The maximum Gasteiger partial charge on any atom is 0.309 e. The first-order chi connectivity index (χ1) is 14.0. The number of carboxylic acids is 1. The molecule has 3 unspecified atom stereocenters. The smallest absolute Gasteiger partial charge is 0.309 e. The van der Waals surface area contributed by atoms with Crippen LogP contribution in [-0.2, 0) is 14.3 Å². The summed E-state index contributed by atoms with van der Waals surface area (Å²) < 4.78 is 5.40. The predicted molar refractivity (Wildman–Crippen MR) is 118 cm³/mol. The van der Waals surface area contributed by atoms with E-state index in [9.17, 15) is 14.7 Å². The number of aliphatic hydroxyl groups is 1. The average molecular weight is 421 g/mol. The van der Waals surface area contributed by atoms with Crippen molar-refractivity contribution in [3.63, 3.8) is 0 Å². The molecule has 170 valence electrons. The lowest BCUT2D eigenvalue weighted by atomic mass is 9.66. The molecule has 0 radical (unpaired) electrons. The number of fused-ring (bicyclic) bond motifs is 1. The van der Waals surface area contributed by atoms with E-state index >= 15 is 0 Å². The van der Waals surface area contributed by atoms with Gasteiger partial charge in [-0.1, -0.05) is 39.0 Å². The highest BCUT2D eigenvalue weighted by molar-refractivity contribution is 5.73. The maximum atomic E-state index is 11.5. The molecular weight excluding hydrogens is 380 g/mol. The molecule has 5 heteroatoms. The molecule has 1 fully saturated rings. The molecule has 0 aromatic rings. The summed E-state index contributed by atoms with van der Waals surface area (Å²) in [5, 5.41) is 18.2. The Morgan fingerprint density at radius 1 is 1.23 bits per heavy atom. The van der Waals surface area contributed by atoms with E-state index < -0.39 is 17.5 Å². The maximum absolute atomic E-state index is 11.5. The molecule has 0 bridgehead atoms. The Morgan fingerprint density at radius 2 is 1.93 bits per heavy atom. The lowest BCUT2D eigenvalue weighted by molar-refractivity contribution is -0.160. The fraction of sp³-hybridized carbons (Fsp3) is 0.760. The van der Waals surface area contributed by atoms with Crippen molar-refractivity contribution in [2.45, 2.75) is 91.8 Å². The molecule has 0 saturated carbocycles.